The molecule has 1 N–H and O–H groups in total. The maximum Gasteiger partial charge on any atom is 0.305 e. The summed E-state index contributed by atoms with van der Waals surface area (Å²) in [7, 11) is 0. The minimum atomic E-state index is -0.745. The number of carbonyl (C=O) groups is 1. The number of hydrogen-bond donors (Lipinski definition) is 1. The molecule has 0 aliphatic heterocycles. The van der Waals surface area contributed by atoms with Gasteiger partial charge in [-0.15, -0.1) is 0 Å². The third kappa shape index (κ3) is 4.76. The summed E-state index contributed by atoms with van der Waals surface area (Å²) in [5.41, 5.74) is 2.32. The lowest BCUT2D eigenvalue weighted by molar-refractivity contribution is -0.136. The van der Waals surface area contributed by atoms with Gasteiger partial charge in [-0.1, -0.05) is 6.92 Å². The van der Waals surface area contributed by atoms with Crippen LogP contribution in [0.3, 0.4) is 0 Å². The molecule has 0 heterocycles. The summed E-state index contributed by atoms with van der Waals surface area (Å²) in [4.78, 5) is 15.2. The topological polar surface area (TPSA) is 43.8 Å². The van der Waals surface area contributed by atoms with Gasteiger partial charge < -0.3 is 14.9 Å². The molecule has 0 spiro atoms. The largest absolute Gasteiger partial charge is 0.481 e. The second-order valence-corrected chi connectivity index (χ2v) is 4.82. The standard InChI is InChI=1S/C16H26N2O2/c1-4-12-18(13-11-16(19)20)15-9-7-14(8-10-15)17(5-2)6-3/h7-10H,4-6,11-13H2,1-3H3,(H,19,20). The Kier molecular flexibility index (Phi) is 6.91. The summed E-state index contributed by atoms with van der Waals surface area (Å²) in [6, 6.07) is 8.41. The van der Waals surface area contributed by atoms with Crippen molar-refractivity contribution in [3.8, 4) is 0 Å². The minimum Gasteiger partial charge on any atom is -0.481 e. The first kappa shape index (κ1) is 16.3. The summed E-state index contributed by atoms with van der Waals surface area (Å²) in [6.07, 6.45) is 1.19. The van der Waals surface area contributed by atoms with Gasteiger partial charge in [0.2, 0.25) is 0 Å². The van der Waals surface area contributed by atoms with Gasteiger partial charge in [0, 0.05) is 37.6 Å². The molecule has 0 aliphatic carbocycles. The van der Waals surface area contributed by atoms with Crippen molar-refractivity contribution in [3.63, 3.8) is 0 Å². The Bertz CT molecular complexity index is 399. The number of carboxylic acid groups (broad SMARTS) is 1. The van der Waals surface area contributed by atoms with Crippen LogP contribution in [0.15, 0.2) is 24.3 Å². The Morgan fingerprint density at radius 1 is 0.950 bits per heavy atom. The van der Waals surface area contributed by atoms with Crippen LogP contribution in [0.25, 0.3) is 0 Å². The molecule has 1 aromatic carbocycles. The van der Waals surface area contributed by atoms with Crippen LogP contribution in [0.4, 0.5) is 11.4 Å². The maximum atomic E-state index is 10.7. The smallest absolute Gasteiger partial charge is 0.305 e. The molecule has 1 aromatic rings. The molecular formula is C16H26N2O2. The summed E-state index contributed by atoms with van der Waals surface area (Å²) < 4.78 is 0. The molecule has 4 nitrogen and oxygen atoms in total. The molecular weight excluding hydrogens is 252 g/mol. The fourth-order valence-electron chi connectivity index (χ4n) is 2.33. The van der Waals surface area contributed by atoms with Gasteiger partial charge in [-0.05, 0) is 44.5 Å². The summed E-state index contributed by atoms with van der Waals surface area (Å²) in [6.45, 7) is 9.84. The van der Waals surface area contributed by atoms with Crippen LogP contribution in [0.1, 0.15) is 33.6 Å². The second kappa shape index (κ2) is 8.46. The monoisotopic (exact) mass is 278 g/mol. The first-order valence-corrected chi connectivity index (χ1v) is 7.44. The van der Waals surface area contributed by atoms with E-state index in [0.29, 0.717) is 6.54 Å². The highest BCUT2D eigenvalue weighted by Crippen LogP contribution is 2.21. The van der Waals surface area contributed by atoms with E-state index in [2.05, 4.69) is 54.8 Å². The lowest BCUT2D eigenvalue weighted by Gasteiger charge is -2.26. The molecule has 0 atom stereocenters. The SMILES string of the molecule is CCCN(CCC(=O)O)c1ccc(N(CC)CC)cc1. The van der Waals surface area contributed by atoms with E-state index in [1.165, 1.54) is 5.69 Å². The van der Waals surface area contributed by atoms with E-state index in [4.69, 9.17) is 5.11 Å². The fourth-order valence-corrected chi connectivity index (χ4v) is 2.33. The van der Waals surface area contributed by atoms with E-state index in [1.807, 2.05) is 0 Å². The van der Waals surface area contributed by atoms with Gasteiger partial charge in [-0.3, -0.25) is 4.79 Å². The van der Waals surface area contributed by atoms with Crippen LogP contribution >= 0.6 is 0 Å². The Morgan fingerprint density at radius 2 is 1.45 bits per heavy atom. The average Bonchev–Trinajstić information content (AvgIpc) is 2.45. The third-order valence-corrected chi connectivity index (χ3v) is 3.43. The van der Waals surface area contributed by atoms with Crippen LogP contribution in [-0.4, -0.2) is 37.3 Å². The highest BCUT2D eigenvalue weighted by Gasteiger charge is 2.09. The van der Waals surface area contributed by atoms with Gasteiger partial charge in [0.25, 0.3) is 0 Å². The Hall–Kier alpha value is -1.71. The van der Waals surface area contributed by atoms with E-state index in [0.717, 1.165) is 31.7 Å². The fraction of sp³-hybridized carbons (Fsp3) is 0.562. The van der Waals surface area contributed by atoms with Crippen molar-refractivity contribution in [3.05, 3.63) is 24.3 Å². The number of benzene rings is 1. The number of carboxylic acids is 1. The molecule has 1 rings (SSSR count). The van der Waals surface area contributed by atoms with Gasteiger partial charge in [-0.25, -0.2) is 0 Å². The minimum absolute atomic E-state index is 0.178. The van der Waals surface area contributed by atoms with Gasteiger partial charge in [0.1, 0.15) is 0 Å². The molecule has 0 saturated carbocycles. The summed E-state index contributed by atoms with van der Waals surface area (Å²) >= 11 is 0. The van der Waals surface area contributed by atoms with Crippen molar-refractivity contribution in [1.82, 2.24) is 0 Å². The highest BCUT2D eigenvalue weighted by atomic mass is 16.4. The number of aliphatic carboxylic acids is 1. The predicted molar refractivity (Wildman–Crippen MR) is 84.8 cm³/mol. The maximum absolute atomic E-state index is 10.7. The van der Waals surface area contributed by atoms with E-state index in [-0.39, 0.29) is 6.42 Å². The van der Waals surface area contributed by atoms with Crippen molar-refractivity contribution < 1.29 is 9.90 Å². The quantitative estimate of drug-likeness (QED) is 0.753. The van der Waals surface area contributed by atoms with E-state index < -0.39 is 5.97 Å². The second-order valence-electron chi connectivity index (χ2n) is 4.82. The van der Waals surface area contributed by atoms with Crippen LogP contribution < -0.4 is 9.80 Å². The van der Waals surface area contributed by atoms with Crippen molar-refractivity contribution in [2.24, 2.45) is 0 Å². The first-order chi connectivity index (χ1) is 9.62. The Morgan fingerprint density at radius 3 is 1.85 bits per heavy atom. The van der Waals surface area contributed by atoms with Gasteiger partial charge in [-0.2, -0.15) is 0 Å². The molecule has 20 heavy (non-hydrogen) atoms. The molecule has 0 bridgehead atoms. The van der Waals surface area contributed by atoms with Crippen molar-refractivity contribution >= 4 is 17.3 Å². The van der Waals surface area contributed by atoms with Gasteiger partial charge >= 0.3 is 5.97 Å². The van der Waals surface area contributed by atoms with E-state index in [9.17, 15) is 4.79 Å². The molecule has 4 heteroatoms. The highest BCUT2D eigenvalue weighted by molar-refractivity contribution is 5.68. The normalized spacial score (nSPS) is 10.3. The predicted octanol–water partition coefficient (Wildman–Crippen LogP) is 3.22. The lowest BCUT2D eigenvalue weighted by Crippen LogP contribution is -2.27. The molecule has 0 amide bonds. The van der Waals surface area contributed by atoms with E-state index in [1.54, 1.807) is 0 Å². The first-order valence-electron chi connectivity index (χ1n) is 7.44. The van der Waals surface area contributed by atoms with Crippen LogP contribution in [0.5, 0.6) is 0 Å². The number of anilines is 2. The summed E-state index contributed by atoms with van der Waals surface area (Å²) in [5, 5.41) is 8.82. The lowest BCUT2D eigenvalue weighted by atomic mass is 10.2. The summed E-state index contributed by atoms with van der Waals surface area (Å²) in [5.74, 6) is -0.745. The molecule has 0 unspecified atom stereocenters. The van der Waals surface area contributed by atoms with Crippen LogP contribution in [0, 0.1) is 0 Å². The van der Waals surface area contributed by atoms with Gasteiger partial charge in [0.05, 0.1) is 6.42 Å². The Balaban J connectivity index is 2.78. The number of hydrogen-bond acceptors (Lipinski definition) is 3. The molecule has 112 valence electrons. The molecule has 0 aromatic heterocycles. The third-order valence-electron chi connectivity index (χ3n) is 3.43. The van der Waals surface area contributed by atoms with Crippen molar-refractivity contribution in [2.45, 2.75) is 33.6 Å². The van der Waals surface area contributed by atoms with Crippen LogP contribution in [-0.2, 0) is 4.79 Å². The van der Waals surface area contributed by atoms with Crippen molar-refractivity contribution in [2.75, 3.05) is 36.0 Å². The molecule has 0 saturated heterocycles. The molecule has 0 radical (unpaired) electrons. The zero-order valence-electron chi connectivity index (χ0n) is 12.8. The molecule has 0 aliphatic rings. The number of rotatable bonds is 9. The molecule has 0 fully saturated rings. The van der Waals surface area contributed by atoms with Crippen LogP contribution in [0.2, 0.25) is 0 Å². The Labute approximate surface area is 122 Å². The van der Waals surface area contributed by atoms with Gasteiger partial charge in [0.15, 0.2) is 0 Å². The zero-order valence-corrected chi connectivity index (χ0v) is 12.8. The van der Waals surface area contributed by atoms with Crippen molar-refractivity contribution in [1.29, 1.82) is 0 Å². The average molecular weight is 278 g/mol. The van der Waals surface area contributed by atoms with E-state index >= 15 is 0 Å². The number of nitrogens with zero attached hydrogens (tertiary/aromatic N) is 2. The zero-order chi connectivity index (χ0) is 15.0.